The highest BCUT2D eigenvalue weighted by atomic mass is 16.6. The first-order valence-corrected chi connectivity index (χ1v) is 8.62. The third-order valence-corrected chi connectivity index (χ3v) is 5.12. The number of nitrogens with zero attached hydrogens (tertiary/aromatic N) is 1. The molecule has 5 nitrogen and oxygen atoms in total. The molecule has 0 saturated heterocycles. The number of allylic oxidation sites excluding steroid dienone is 2. The van der Waals surface area contributed by atoms with Crippen LogP contribution in [0.4, 0.5) is 11.4 Å². The zero-order chi connectivity index (χ0) is 17.4. The van der Waals surface area contributed by atoms with E-state index in [9.17, 15) is 10.1 Å². The summed E-state index contributed by atoms with van der Waals surface area (Å²) in [5, 5.41) is 14.6. The minimum absolute atomic E-state index is 0.106. The van der Waals surface area contributed by atoms with E-state index in [-0.39, 0.29) is 16.7 Å². The molecule has 0 amide bonds. The van der Waals surface area contributed by atoms with Gasteiger partial charge in [-0.25, -0.2) is 0 Å². The quantitative estimate of drug-likeness (QED) is 0.494. The summed E-state index contributed by atoms with van der Waals surface area (Å²) in [5.74, 6) is 1.62. The van der Waals surface area contributed by atoms with Crippen LogP contribution < -0.4 is 10.1 Å². The standard InChI is InChI=1S/C20H20N2O3/c1-2-25-18-8-4-7-17-15-5-3-6-16(15)19(21-20(17)18)13-9-11-14(12-10-13)22(23)24/h3-5,7-12,15-16,19,21H,2,6H2,1H3/t15-,16+,19-/m0/s1. The van der Waals surface area contributed by atoms with Gasteiger partial charge < -0.3 is 10.1 Å². The number of nitrogens with one attached hydrogen (secondary N) is 1. The first kappa shape index (κ1) is 15.7. The van der Waals surface area contributed by atoms with Crippen LogP contribution in [0.3, 0.4) is 0 Å². The lowest BCUT2D eigenvalue weighted by Crippen LogP contribution is -2.29. The molecule has 0 aromatic heterocycles. The van der Waals surface area contributed by atoms with Gasteiger partial charge in [0.25, 0.3) is 5.69 Å². The molecule has 0 spiro atoms. The van der Waals surface area contributed by atoms with E-state index >= 15 is 0 Å². The Morgan fingerprint density at radius 1 is 1.24 bits per heavy atom. The summed E-state index contributed by atoms with van der Waals surface area (Å²) in [4.78, 5) is 10.6. The van der Waals surface area contributed by atoms with Gasteiger partial charge in [0.15, 0.2) is 0 Å². The molecule has 1 aliphatic heterocycles. The molecule has 3 atom stereocenters. The smallest absolute Gasteiger partial charge is 0.269 e. The number of hydrogen-bond acceptors (Lipinski definition) is 4. The second-order valence-corrected chi connectivity index (χ2v) is 6.48. The number of benzene rings is 2. The van der Waals surface area contributed by atoms with Crippen molar-refractivity contribution < 1.29 is 9.66 Å². The number of anilines is 1. The predicted octanol–water partition coefficient (Wildman–Crippen LogP) is 4.82. The number of para-hydroxylation sites is 1. The summed E-state index contributed by atoms with van der Waals surface area (Å²) in [6.45, 7) is 2.60. The molecule has 25 heavy (non-hydrogen) atoms. The Balaban J connectivity index is 1.74. The minimum atomic E-state index is -0.361. The Morgan fingerprint density at radius 3 is 2.76 bits per heavy atom. The van der Waals surface area contributed by atoms with Gasteiger partial charge in [-0.15, -0.1) is 0 Å². The van der Waals surface area contributed by atoms with Gasteiger partial charge in [0, 0.05) is 18.1 Å². The molecule has 0 fully saturated rings. The minimum Gasteiger partial charge on any atom is -0.492 e. The predicted molar refractivity (Wildman–Crippen MR) is 97.1 cm³/mol. The first-order chi connectivity index (χ1) is 12.2. The van der Waals surface area contributed by atoms with Gasteiger partial charge >= 0.3 is 0 Å². The van der Waals surface area contributed by atoms with Crippen LogP contribution in [0.1, 0.15) is 36.4 Å². The molecule has 2 aromatic carbocycles. The average molecular weight is 336 g/mol. The van der Waals surface area contributed by atoms with Gasteiger partial charge in [-0.3, -0.25) is 10.1 Å². The van der Waals surface area contributed by atoms with Crippen molar-refractivity contribution in [1.29, 1.82) is 0 Å². The normalized spacial score (nSPS) is 23.5. The Hall–Kier alpha value is -2.82. The van der Waals surface area contributed by atoms with Crippen molar-refractivity contribution in [2.75, 3.05) is 11.9 Å². The Bertz CT molecular complexity index is 829. The third kappa shape index (κ3) is 2.65. The van der Waals surface area contributed by atoms with Crippen LogP contribution in [0.2, 0.25) is 0 Å². The molecule has 4 rings (SSSR count). The molecule has 0 radical (unpaired) electrons. The summed E-state index contributed by atoms with van der Waals surface area (Å²) in [5.41, 5.74) is 3.50. The van der Waals surface area contributed by atoms with E-state index in [4.69, 9.17) is 4.74 Å². The van der Waals surface area contributed by atoms with Crippen LogP contribution >= 0.6 is 0 Å². The number of ether oxygens (including phenoxy) is 1. The van der Waals surface area contributed by atoms with Crippen molar-refractivity contribution in [3.8, 4) is 5.75 Å². The number of hydrogen-bond donors (Lipinski definition) is 1. The Labute approximate surface area is 146 Å². The van der Waals surface area contributed by atoms with Crippen molar-refractivity contribution in [3.63, 3.8) is 0 Å². The molecule has 1 aliphatic carbocycles. The number of rotatable bonds is 4. The SMILES string of the molecule is CCOc1cccc2c1N[C@@H](c1ccc([N+](=O)[O-])cc1)[C@@H]1CC=C[C@H]21. The van der Waals surface area contributed by atoms with Crippen molar-refractivity contribution >= 4 is 11.4 Å². The van der Waals surface area contributed by atoms with Crippen molar-refractivity contribution in [1.82, 2.24) is 0 Å². The molecule has 128 valence electrons. The second kappa shape index (κ2) is 6.24. The second-order valence-electron chi connectivity index (χ2n) is 6.48. The van der Waals surface area contributed by atoms with Gasteiger partial charge in [0.2, 0.25) is 0 Å². The fourth-order valence-corrected chi connectivity index (χ4v) is 4.00. The molecule has 2 aromatic rings. The molecule has 2 aliphatic rings. The van der Waals surface area contributed by atoms with Gasteiger partial charge in [-0.05, 0) is 36.5 Å². The maximum absolute atomic E-state index is 10.9. The maximum Gasteiger partial charge on any atom is 0.269 e. The Morgan fingerprint density at radius 2 is 2.04 bits per heavy atom. The summed E-state index contributed by atoms with van der Waals surface area (Å²) in [6, 6.07) is 13.2. The lowest BCUT2D eigenvalue weighted by atomic mass is 9.77. The molecule has 1 heterocycles. The van der Waals surface area contributed by atoms with E-state index in [0.29, 0.717) is 18.4 Å². The van der Waals surface area contributed by atoms with Gasteiger partial charge in [0.05, 0.1) is 23.3 Å². The number of fused-ring (bicyclic) bond motifs is 3. The van der Waals surface area contributed by atoms with Crippen LogP contribution in [-0.2, 0) is 0 Å². The van der Waals surface area contributed by atoms with E-state index in [0.717, 1.165) is 23.4 Å². The monoisotopic (exact) mass is 336 g/mol. The van der Waals surface area contributed by atoms with E-state index in [1.807, 2.05) is 31.2 Å². The fourth-order valence-electron chi connectivity index (χ4n) is 4.00. The highest BCUT2D eigenvalue weighted by Gasteiger charge is 2.39. The van der Waals surface area contributed by atoms with Gasteiger partial charge in [-0.2, -0.15) is 0 Å². The number of nitro benzene ring substituents is 1. The van der Waals surface area contributed by atoms with Crippen LogP contribution in [0.5, 0.6) is 5.75 Å². The molecule has 0 bridgehead atoms. The Kier molecular flexibility index (Phi) is 3.92. The largest absolute Gasteiger partial charge is 0.492 e. The van der Waals surface area contributed by atoms with Gasteiger partial charge in [-0.1, -0.05) is 36.4 Å². The summed E-state index contributed by atoms with van der Waals surface area (Å²) in [6.07, 6.45) is 5.51. The average Bonchev–Trinajstić information content (AvgIpc) is 3.12. The molecule has 5 heteroatoms. The van der Waals surface area contributed by atoms with E-state index < -0.39 is 0 Å². The van der Waals surface area contributed by atoms with Crippen LogP contribution in [0, 0.1) is 16.0 Å². The molecule has 0 saturated carbocycles. The van der Waals surface area contributed by atoms with Crippen molar-refractivity contribution in [2.24, 2.45) is 5.92 Å². The topological polar surface area (TPSA) is 64.4 Å². The van der Waals surface area contributed by atoms with Crippen molar-refractivity contribution in [2.45, 2.75) is 25.3 Å². The lowest BCUT2D eigenvalue weighted by Gasteiger charge is -2.38. The summed E-state index contributed by atoms with van der Waals surface area (Å²) >= 11 is 0. The van der Waals surface area contributed by atoms with Gasteiger partial charge in [0.1, 0.15) is 5.75 Å². The zero-order valence-electron chi connectivity index (χ0n) is 14.0. The first-order valence-electron chi connectivity index (χ1n) is 8.62. The molecular formula is C20H20N2O3. The van der Waals surface area contributed by atoms with Crippen LogP contribution in [0.15, 0.2) is 54.6 Å². The lowest BCUT2D eigenvalue weighted by molar-refractivity contribution is -0.384. The molecule has 0 unspecified atom stereocenters. The number of nitro groups is 1. The fraction of sp³-hybridized carbons (Fsp3) is 0.300. The van der Waals surface area contributed by atoms with E-state index in [1.165, 1.54) is 5.56 Å². The van der Waals surface area contributed by atoms with E-state index in [1.54, 1.807) is 12.1 Å². The summed E-state index contributed by atoms with van der Waals surface area (Å²) < 4.78 is 5.81. The van der Waals surface area contributed by atoms with Crippen LogP contribution in [-0.4, -0.2) is 11.5 Å². The third-order valence-electron chi connectivity index (χ3n) is 5.12. The molecular weight excluding hydrogens is 316 g/mol. The highest BCUT2D eigenvalue weighted by Crippen LogP contribution is 2.52. The number of non-ortho nitro benzene ring substituents is 1. The maximum atomic E-state index is 10.9. The summed E-state index contributed by atoms with van der Waals surface area (Å²) in [7, 11) is 0. The van der Waals surface area contributed by atoms with Crippen molar-refractivity contribution in [3.05, 3.63) is 75.9 Å². The molecule has 1 N–H and O–H groups in total. The highest BCUT2D eigenvalue weighted by molar-refractivity contribution is 5.67. The van der Waals surface area contributed by atoms with E-state index in [2.05, 4.69) is 23.5 Å². The van der Waals surface area contributed by atoms with Crippen LogP contribution in [0.25, 0.3) is 0 Å². The zero-order valence-corrected chi connectivity index (χ0v) is 14.0.